The molecule has 0 saturated carbocycles. The Bertz CT molecular complexity index is 941. The van der Waals surface area contributed by atoms with Crippen LogP contribution in [0.3, 0.4) is 0 Å². The molecule has 0 spiro atoms. The van der Waals surface area contributed by atoms with Crippen molar-refractivity contribution in [1.29, 1.82) is 0 Å². The number of aryl methyl sites for hydroxylation is 1. The van der Waals surface area contributed by atoms with Crippen LogP contribution in [-0.4, -0.2) is 17.7 Å². The normalized spacial score (nSPS) is 12.4. The van der Waals surface area contributed by atoms with Gasteiger partial charge in [-0.15, -0.1) is 11.3 Å². The number of hydrogen-bond acceptors (Lipinski definition) is 3. The molecule has 0 aliphatic carbocycles. The molecule has 0 bridgehead atoms. The monoisotopic (exact) mass is 494 g/mol. The fourth-order valence-corrected chi connectivity index (χ4v) is 3.73. The molecule has 1 heterocycles. The van der Waals surface area contributed by atoms with E-state index in [4.69, 9.17) is 9.84 Å². The molecule has 1 unspecified atom stereocenters. The van der Waals surface area contributed by atoms with Gasteiger partial charge in [-0.2, -0.15) is 13.2 Å². The number of carboxylic acids is 1. The molecule has 3 nitrogen and oxygen atoms in total. The summed E-state index contributed by atoms with van der Waals surface area (Å²) in [6.07, 6.45) is 6.31. The number of ether oxygens (including phenoxy) is 1. The maximum absolute atomic E-state index is 12.7. The summed E-state index contributed by atoms with van der Waals surface area (Å²) in [6, 6.07) is 9.29. The summed E-state index contributed by atoms with van der Waals surface area (Å²) in [5.74, 6) is -0.382. The number of alkyl halides is 3. The number of carboxylic acid groups (broad SMARTS) is 1. The summed E-state index contributed by atoms with van der Waals surface area (Å²) in [7, 11) is 0. The molecule has 1 aromatic heterocycles. The smallest absolute Gasteiger partial charge is 0.416 e. The lowest BCUT2D eigenvalue weighted by molar-refractivity contribution is -0.138. The third-order valence-electron chi connectivity index (χ3n) is 4.93. The van der Waals surface area contributed by atoms with Gasteiger partial charge in [-0.1, -0.05) is 57.2 Å². The summed E-state index contributed by atoms with van der Waals surface area (Å²) < 4.78 is 43.5. The molecule has 0 saturated heterocycles. The molecular formula is C27H33F3O3S. The van der Waals surface area contributed by atoms with Crippen molar-refractivity contribution in [3.05, 3.63) is 83.5 Å². The highest BCUT2D eigenvalue weighted by atomic mass is 32.1. The largest absolute Gasteiger partial charge is 0.501 e. The molecule has 0 amide bonds. The Labute approximate surface area is 204 Å². The molecular weight excluding hydrogens is 461 g/mol. The molecule has 7 heteroatoms. The van der Waals surface area contributed by atoms with E-state index in [1.807, 2.05) is 24.3 Å². The molecule has 0 fully saturated rings. The van der Waals surface area contributed by atoms with Crippen LogP contribution in [0, 0.1) is 5.92 Å². The first-order valence-electron chi connectivity index (χ1n) is 11.2. The van der Waals surface area contributed by atoms with Gasteiger partial charge in [0.25, 0.3) is 0 Å². The SMILES string of the molecule is C=C(CC)C(C)C=C/C=C/OCCCc1ccc(-c2ccc(C(F)(F)F)cc2)s1.CCC(=O)O. The summed E-state index contributed by atoms with van der Waals surface area (Å²) in [4.78, 5) is 11.5. The number of hydrogen-bond donors (Lipinski definition) is 1. The number of allylic oxidation sites excluding steroid dienone is 4. The minimum atomic E-state index is -4.30. The Hall–Kier alpha value is -2.80. The predicted octanol–water partition coefficient (Wildman–Crippen LogP) is 8.54. The fraction of sp³-hybridized carbons (Fsp3) is 0.370. The minimum Gasteiger partial charge on any atom is -0.501 e. The standard InChI is InChI=1S/C24H27F3OS.C3H6O2/c1-4-18(2)19(3)8-5-6-16-28-17-7-9-22-14-15-23(29-22)20-10-12-21(13-11-20)24(25,26)27;1-2-3(4)5/h5-6,8,10-16,19H,2,4,7,9,17H2,1,3H3;2H2,1H3,(H,4,5)/b8-5?,16-6+;. The predicted molar refractivity (Wildman–Crippen MR) is 134 cm³/mol. The van der Waals surface area contributed by atoms with Gasteiger partial charge in [0.15, 0.2) is 0 Å². The molecule has 2 aromatic rings. The van der Waals surface area contributed by atoms with Crippen molar-refractivity contribution in [2.45, 2.75) is 52.6 Å². The second-order valence-corrected chi connectivity index (χ2v) is 8.74. The first kappa shape index (κ1) is 29.2. The number of rotatable bonds is 11. The molecule has 0 aliphatic rings. The van der Waals surface area contributed by atoms with Crippen molar-refractivity contribution in [3.63, 3.8) is 0 Å². The third-order valence-corrected chi connectivity index (χ3v) is 6.12. The van der Waals surface area contributed by atoms with Crippen LogP contribution >= 0.6 is 11.3 Å². The van der Waals surface area contributed by atoms with Crippen LogP contribution in [0.1, 0.15) is 50.5 Å². The van der Waals surface area contributed by atoms with E-state index in [0.29, 0.717) is 12.5 Å². The second kappa shape index (κ2) is 15.2. The molecule has 0 aliphatic heterocycles. The maximum Gasteiger partial charge on any atom is 0.416 e. The molecule has 0 radical (unpaired) electrons. The zero-order valence-corrected chi connectivity index (χ0v) is 20.7. The number of aliphatic carboxylic acids is 1. The Morgan fingerprint density at radius 1 is 1.12 bits per heavy atom. The Balaban J connectivity index is 0.00000104. The number of halogens is 3. The molecule has 34 heavy (non-hydrogen) atoms. The quantitative estimate of drug-likeness (QED) is 0.147. The van der Waals surface area contributed by atoms with Crippen LogP contribution < -0.4 is 0 Å². The summed E-state index contributed by atoms with van der Waals surface area (Å²) in [5.41, 5.74) is 1.39. The van der Waals surface area contributed by atoms with Crippen LogP contribution in [0.25, 0.3) is 10.4 Å². The van der Waals surface area contributed by atoms with Crippen molar-refractivity contribution in [2.24, 2.45) is 5.92 Å². The Morgan fingerprint density at radius 2 is 1.76 bits per heavy atom. The van der Waals surface area contributed by atoms with E-state index >= 15 is 0 Å². The zero-order valence-electron chi connectivity index (χ0n) is 19.9. The summed E-state index contributed by atoms with van der Waals surface area (Å²) in [5, 5.41) is 7.72. The van der Waals surface area contributed by atoms with E-state index in [2.05, 4.69) is 26.5 Å². The first-order chi connectivity index (χ1) is 16.1. The van der Waals surface area contributed by atoms with Gasteiger partial charge in [-0.3, -0.25) is 4.79 Å². The van der Waals surface area contributed by atoms with Gasteiger partial charge in [-0.05, 0) is 61.1 Å². The second-order valence-electron chi connectivity index (χ2n) is 7.58. The van der Waals surface area contributed by atoms with Gasteiger partial charge in [0.05, 0.1) is 18.4 Å². The van der Waals surface area contributed by atoms with Crippen molar-refractivity contribution >= 4 is 17.3 Å². The van der Waals surface area contributed by atoms with Crippen LogP contribution in [0.5, 0.6) is 0 Å². The van der Waals surface area contributed by atoms with Crippen LogP contribution in [0.4, 0.5) is 13.2 Å². The van der Waals surface area contributed by atoms with E-state index in [-0.39, 0.29) is 6.42 Å². The van der Waals surface area contributed by atoms with Crippen LogP contribution in [0.2, 0.25) is 0 Å². The van der Waals surface area contributed by atoms with Crippen molar-refractivity contribution in [2.75, 3.05) is 6.61 Å². The van der Waals surface area contributed by atoms with Crippen molar-refractivity contribution < 1.29 is 27.8 Å². The minimum absolute atomic E-state index is 0.222. The highest BCUT2D eigenvalue weighted by molar-refractivity contribution is 7.15. The zero-order chi connectivity index (χ0) is 25.6. The summed E-state index contributed by atoms with van der Waals surface area (Å²) in [6.45, 7) is 10.5. The lowest BCUT2D eigenvalue weighted by Crippen LogP contribution is -2.03. The van der Waals surface area contributed by atoms with Crippen LogP contribution in [0.15, 0.2) is 73.0 Å². The lowest BCUT2D eigenvalue weighted by Gasteiger charge is -2.06. The third kappa shape index (κ3) is 11.4. The van der Waals surface area contributed by atoms with E-state index in [1.165, 1.54) is 22.6 Å². The van der Waals surface area contributed by atoms with Gasteiger partial charge in [-0.25, -0.2) is 0 Å². The van der Waals surface area contributed by atoms with E-state index in [9.17, 15) is 18.0 Å². The number of carbonyl (C=O) groups is 1. The Kier molecular flexibility index (Phi) is 13.0. The average molecular weight is 495 g/mol. The first-order valence-corrected chi connectivity index (χ1v) is 12.0. The Morgan fingerprint density at radius 3 is 2.32 bits per heavy atom. The molecule has 1 N–H and O–H groups in total. The number of benzene rings is 1. The maximum atomic E-state index is 12.7. The van der Waals surface area contributed by atoms with Crippen LogP contribution in [-0.2, 0) is 22.1 Å². The van der Waals surface area contributed by atoms with Gasteiger partial charge < -0.3 is 9.84 Å². The summed E-state index contributed by atoms with van der Waals surface area (Å²) >= 11 is 1.60. The van der Waals surface area contributed by atoms with E-state index in [0.717, 1.165) is 41.8 Å². The highest BCUT2D eigenvalue weighted by Gasteiger charge is 2.30. The van der Waals surface area contributed by atoms with Gasteiger partial charge in [0, 0.05) is 16.2 Å². The van der Waals surface area contributed by atoms with Gasteiger partial charge in [0.2, 0.25) is 0 Å². The highest BCUT2D eigenvalue weighted by Crippen LogP contribution is 2.33. The van der Waals surface area contributed by atoms with Crippen molar-refractivity contribution in [3.8, 4) is 10.4 Å². The molecule has 1 aromatic carbocycles. The lowest BCUT2D eigenvalue weighted by atomic mass is 10.0. The van der Waals surface area contributed by atoms with E-state index < -0.39 is 17.7 Å². The molecule has 2 rings (SSSR count). The van der Waals surface area contributed by atoms with Gasteiger partial charge in [0.1, 0.15) is 0 Å². The molecule has 186 valence electrons. The molecule has 1 atom stereocenters. The van der Waals surface area contributed by atoms with E-state index in [1.54, 1.807) is 24.5 Å². The topological polar surface area (TPSA) is 46.5 Å². The number of thiophene rings is 1. The van der Waals surface area contributed by atoms with Gasteiger partial charge >= 0.3 is 12.1 Å². The average Bonchev–Trinajstić information content (AvgIpc) is 3.28. The fourth-order valence-electron chi connectivity index (χ4n) is 2.68. The van der Waals surface area contributed by atoms with Crippen molar-refractivity contribution in [1.82, 2.24) is 0 Å².